The summed E-state index contributed by atoms with van der Waals surface area (Å²) >= 11 is 0. The molecule has 5 nitrogen and oxygen atoms in total. The zero-order valence-corrected chi connectivity index (χ0v) is 9.68. The molecule has 0 bridgehead atoms. The van der Waals surface area contributed by atoms with Crippen LogP contribution in [0.1, 0.15) is 40.9 Å². The molecule has 2 heterocycles. The molecule has 1 fully saturated rings. The number of carbonyl (C=O) groups excluding carboxylic acids is 1. The van der Waals surface area contributed by atoms with E-state index in [1.165, 1.54) is 12.1 Å². The van der Waals surface area contributed by atoms with Gasteiger partial charge in [-0.1, -0.05) is 13.3 Å². The van der Waals surface area contributed by atoms with Crippen LogP contribution < -0.4 is 0 Å². The first-order chi connectivity index (χ1) is 8.11. The number of carboxylic acid groups (broad SMARTS) is 1. The Kier molecular flexibility index (Phi) is 3.17. The number of carbonyl (C=O) groups is 2. The summed E-state index contributed by atoms with van der Waals surface area (Å²) in [5.41, 5.74) is 0. The largest absolute Gasteiger partial charge is 0.475 e. The zero-order chi connectivity index (χ0) is 12.4. The number of rotatable bonds is 3. The van der Waals surface area contributed by atoms with Gasteiger partial charge in [-0.3, -0.25) is 4.79 Å². The highest BCUT2D eigenvalue weighted by molar-refractivity contribution is 5.93. The Labute approximate surface area is 99.0 Å². The van der Waals surface area contributed by atoms with E-state index in [2.05, 4.69) is 6.92 Å². The van der Waals surface area contributed by atoms with Crippen molar-refractivity contribution >= 4 is 11.9 Å². The SMILES string of the molecule is CCC1CCN(C(=O)c2ccc(C(=O)O)o2)C1. The standard InChI is InChI=1S/C12H15NO4/c1-2-8-5-6-13(7-8)11(14)9-3-4-10(17-9)12(15)16/h3-4,8H,2,5-7H2,1H3,(H,15,16). The number of furan rings is 1. The van der Waals surface area contributed by atoms with Crippen molar-refractivity contribution in [3.05, 3.63) is 23.7 Å². The van der Waals surface area contributed by atoms with Gasteiger partial charge < -0.3 is 14.4 Å². The number of aromatic carboxylic acids is 1. The molecule has 1 amide bonds. The van der Waals surface area contributed by atoms with Crippen LogP contribution in [0.5, 0.6) is 0 Å². The minimum atomic E-state index is -1.16. The van der Waals surface area contributed by atoms with E-state index >= 15 is 0 Å². The summed E-state index contributed by atoms with van der Waals surface area (Å²) in [5, 5.41) is 8.71. The fourth-order valence-corrected chi connectivity index (χ4v) is 2.07. The lowest BCUT2D eigenvalue weighted by atomic mass is 10.1. The molecule has 0 aromatic carbocycles. The Bertz CT molecular complexity index is 437. The number of likely N-dealkylation sites (tertiary alicyclic amines) is 1. The molecule has 17 heavy (non-hydrogen) atoms. The summed E-state index contributed by atoms with van der Waals surface area (Å²) in [6.07, 6.45) is 2.07. The van der Waals surface area contributed by atoms with Crippen LogP contribution in [0.3, 0.4) is 0 Å². The second kappa shape index (κ2) is 4.61. The minimum absolute atomic E-state index is 0.110. The van der Waals surface area contributed by atoms with Crippen LogP contribution in [0, 0.1) is 5.92 Å². The van der Waals surface area contributed by atoms with Gasteiger partial charge in [0.05, 0.1) is 0 Å². The van der Waals surface area contributed by atoms with Gasteiger partial charge in [-0.2, -0.15) is 0 Å². The summed E-state index contributed by atoms with van der Waals surface area (Å²) in [4.78, 5) is 24.3. The fourth-order valence-electron chi connectivity index (χ4n) is 2.07. The molecule has 1 aromatic rings. The van der Waals surface area contributed by atoms with Gasteiger partial charge in [0.2, 0.25) is 5.76 Å². The van der Waals surface area contributed by atoms with Crippen molar-refractivity contribution < 1.29 is 19.1 Å². The average molecular weight is 237 g/mol. The first-order valence-electron chi connectivity index (χ1n) is 5.74. The fraction of sp³-hybridized carbons (Fsp3) is 0.500. The molecule has 1 aromatic heterocycles. The van der Waals surface area contributed by atoms with E-state index in [1.807, 2.05) is 0 Å². The van der Waals surface area contributed by atoms with Crippen LogP contribution >= 0.6 is 0 Å². The Hall–Kier alpha value is -1.78. The number of hydrogen-bond donors (Lipinski definition) is 1. The van der Waals surface area contributed by atoms with Crippen molar-refractivity contribution in [2.45, 2.75) is 19.8 Å². The van der Waals surface area contributed by atoms with E-state index in [1.54, 1.807) is 4.90 Å². The van der Waals surface area contributed by atoms with Gasteiger partial charge in [-0.25, -0.2) is 4.79 Å². The van der Waals surface area contributed by atoms with E-state index in [0.29, 0.717) is 5.92 Å². The second-order valence-corrected chi connectivity index (χ2v) is 4.28. The summed E-state index contributed by atoms with van der Waals surface area (Å²) < 4.78 is 5.00. The van der Waals surface area contributed by atoms with E-state index in [-0.39, 0.29) is 17.4 Å². The van der Waals surface area contributed by atoms with Gasteiger partial charge in [0.15, 0.2) is 5.76 Å². The first-order valence-corrected chi connectivity index (χ1v) is 5.74. The van der Waals surface area contributed by atoms with Crippen molar-refractivity contribution in [1.29, 1.82) is 0 Å². The zero-order valence-electron chi connectivity index (χ0n) is 9.68. The summed E-state index contributed by atoms with van der Waals surface area (Å²) in [7, 11) is 0. The lowest BCUT2D eigenvalue weighted by Gasteiger charge is -2.14. The van der Waals surface area contributed by atoms with Crippen LogP contribution in [0.4, 0.5) is 0 Å². The number of amides is 1. The molecule has 1 N–H and O–H groups in total. The molecule has 2 rings (SSSR count). The minimum Gasteiger partial charge on any atom is -0.475 e. The summed E-state index contributed by atoms with van der Waals surface area (Å²) in [5.74, 6) is -0.906. The van der Waals surface area contributed by atoms with E-state index in [0.717, 1.165) is 25.9 Å². The molecule has 5 heteroatoms. The van der Waals surface area contributed by atoms with Crippen molar-refractivity contribution in [2.75, 3.05) is 13.1 Å². The second-order valence-electron chi connectivity index (χ2n) is 4.28. The maximum atomic E-state index is 12.0. The molecular weight excluding hydrogens is 222 g/mol. The Morgan fingerprint density at radius 3 is 2.71 bits per heavy atom. The van der Waals surface area contributed by atoms with Crippen molar-refractivity contribution in [3.63, 3.8) is 0 Å². The van der Waals surface area contributed by atoms with Gasteiger partial charge in [-0.05, 0) is 24.5 Å². The van der Waals surface area contributed by atoms with Crippen LogP contribution in [0.25, 0.3) is 0 Å². The average Bonchev–Trinajstić information content (AvgIpc) is 2.97. The van der Waals surface area contributed by atoms with Crippen molar-refractivity contribution in [3.8, 4) is 0 Å². The molecule has 1 atom stereocenters. The van der Waals surface area contributed by atoms with Crippen molar-refractivity contribution in [1.82, 2.24) is 4.90 Å². The van der Waals surface area contributed by atoms with Gasteiger partial charge in [0.25, 0.3) is 5.91 Å². The van der Waals surface area contributed by atoms with Gasteiger partial charge in [0.1, 0.15) is 0 Å². The molecular formula is C12H15NO4. The van der Waals surface area contributed by atoms with Gasteiger partial charge >= 0.3 is 5.97 Å². The summed E-state index contributed by atoms with van der Waals surface area (Å²) in [6, 6.07) is 2.73. The number of hydrogen-bond acceptors (Lipinski definition) is 3. The monoisotopic (exact) mass is 237 g/mol. The topological polar surface area (TPSA) is 70.8 Å². The van der Waals surface area contributed by atoms with Gasteiger partial charge in [0, 0.05) is 13.1 Å². The highest BCUT2D eigenvalue weighted by Gasteiger charge is 2.27. The van der Waals surface area contributed by atoms with Crippen LogP contribution in [-0.4, -0.2) is 35.0 Å². The third-order valence-electron chi connectivity index (χ3n) is 3.18. The highest BCUT2D eigenvalue weighted by Crippen LogP contribution is 2.21. The quantitative estimate of drug-likeness (QED) is 0.870. The predicted octanol–water partition coefficient (Wildman–Crippen LogP) is 1.85. The maximum absolute atomic E-state index is 12.0. The molecule has 0 aliphatic carbocycles. The summed E-state index contributed by atoms with van der Waals surface area (Å²) in [6.45, 7) is 3.56. The molecule has 92 valence electrons. The molecule has 0 saturated carbocycles. The number of nitrogens with zero attached hydrogens (tertiary/aromatic N) is 1. The Morgan fingerprint density at radius 2 is 2.18 bits per heavy atom. The molecule has 0 spiro atoms. The molecule has 1 saturated heterocycles. The van der Waals surface area contributed by atoms with Crippen LogP contribution in [-0.2, 0) is 0 Å². The number of carboxylic acids is 1. The van der Waals surface area contributed by atoms with Gasteiger partial charge in [-0.15, -0.1) is 0 Å². The molecule has 0 radical (unpaired) electrons. The predicted molar refractivity (Wildman–Crippen MR) is 60.0 cm³/mol. The normalized spacial score (nSPS) is 19.6. The smallest absolute Gasteiger partial charge is 0.371 e. The van der Waals surface area contributed by atoms with Crippen LogP contribution in [0.15, 0.2) is 16.5 Å². The highest BCUT2D eigenvalue weighted by atomic mass is 16.4. The lowest BCUT2D eigenvalue weighted by molar-refractivity contribution is 0.0653. The first kappa shape index (κ1) is 11.7. The van der Waals surface area contributed by atoms with E-state index in [9.17, 15) is 9.59 Å². The molecule has 1 unspecified atom stereocenters. The third kappa shape index (κ3) is 2.33. The third-order valence-corrected chi connectivity index (χ3v) is 3.18. The lowest BCUT2D eigenvalue weighted by Crippen LogP contribution is -2.28. The van der Waals surface area contributed by atoms with Crippen LogP contribution in [0.2, 0.25) is 0 Å². The van der Waals surface area contributed by atoms with Crippen molar-refractivity contribution in [2.24, 2.45) is 5.92 Å². The molecule has 1 aliphatic heterocycles. The maximum Gasteiger partial charge on any atom is 0.371 e. The van der Waals surface area contributed by atoms with E-state index in [4.69, 9.17) is 9.52 Å². The Morgan fingerprint density at radius 1 is 1.47 bits per heavy atom. The Balaban J connectivity index is 2.07. The van der Waals surface area contributed by atoms with E-state index < -0.39 is 5.97 Å². The molecule has 1 aliphatic rings.